The molecule has 0 saturated heterocycles. The van der Waals surface area contributed by atoms with Gasteiger partial charge in [0.25, 0.3) is 0 Å². The zero-order valence-corrected chi connectivity index (χ0v) is 13.2. The highest BCUT2D eigenvalue weighted by Gasteiger charge is 2.18. The summed E-state index contributed by atoms with van der Waals surface area (Å²) in [5.74, 6) is 0.344. The molecule has 0 fully saturated rings. The van der Waals surface area contributed by atoms with Crippen molar-refractivity contribution in [2.45, 2.75) is 37.6 Å². The molecule has 0 saturated carbocycles. The lowest BCUT2D eigenvalue weighted by Crippen LogP contribution is -2.30. The van der Waals surface area contributed by atoms with Crippen molar-refractivity contribution in [3.8, 4) is 0 Å². The maximum atomic E-state index is 12.0. The Balaban J connectivity index is 2.94. The summed E-state index contributed by atoms with van der Waals surface area (Å²) >= 11 is 0. The van der Waals surface area contributed by atoms with Crippen molar-refractivity contribution in [3.05, 3.63) is 29.8 Å². The van der Waals surface area contributed by atoms with Crippen molar-refractivity contribution in [1.29, 1.82) is 0 Å². The summed E-state index contributed by atoms with van der Waals surface area (Å²) in [5, 5.41) is 3.38. The van der Waals surface area contributed by atoms with Gasteiger partial charge < -0.3 is 5.32 Å². The van der Waals surface area contributed by atoms with Gasteiger partial charge in [-0.05, 0) is 37.1 Å². The molecule has 0 heterocycles. The van der Waals surface area contributed by atoms with Gasteiger partial charge in [0.1, 0.15) is 0 Å². The summed E-state index contributed by atoms with van der Waals surface area (Å²) in [7, 11) is -0.251. The van der Waals surface area contributed by atoms with E-state index >= 15 is 0 Å². The lowest BCUT2D eigenvalue weighted by molar-refractivity contribution is 0.494. The van der Waals surface area contributed by atoms with Crippen molar-refractivity contribution >= 4 is 10.0 Å². The largest absolute Gasteiger partial charge is 0.314 e. The van der Waals surface area contributed by atoms with Crippen LogP contribution in [0.3, 0.4) is 0 Å². The standard InChI is InChI=1S/C14H24N2O2S/c1-6-15-12(3)11(2)13-7-9-14(10-8-13)19(17,18)16(4)5/h7-12,15H,6H2,1-5H3. The third-order valence-electron chi connectivity index (χ3n) is 3.46. The first-order chi connectivity index (χ1) is 8.80. The molecular formula is C14H24N2O2S. The van der Waals surface area contributed by atoms with Crippen LogP contribution < -0.4 is 5.32 Å². The molecule has 1 aromatic rings. The summed E-state index contributed by atoms with van der Waals surface area (Å²) in [6.45, 7) is 7.29. The fourth-order valence-electron chi connectivity index (χ4n) is 1.94. The fourth-order valence-corrected chi connectivity index (χ4v) is 2.84. The van der Waals surface area contributed by atoms with Gasteiger partial charge in [0.15, 0.2) is 0 Å². The van der Waals surface area contributed by atoms with Gasteiger partial charge in [0.2, 0.25) is 10.0 Å². The van der Waals surface area contributed by atoms with Crippen LogP contribution in [-0.4, -0.2) is 39.4 Å². The monoisotopic (exact) mass is 284 g/mol. The smallest absolute Gasteiger partial charge is 0.242 e. The van der Waals surface area contributed by atoms with E-state index in [0.29, 0.717) is 16.9 Å². The van der Waals surface area contributed by atoms with Crippen LogP contribution in [0.4, 0.5) is 0 Å². The number of hydrogen-bond acceptors (Lipinski definition) is 3. The Morgan fingerprint density at radius 2 is 1.68 bits per heavy atom. The van der Waals surface area contributed by atoms with Gasteiger partial charge in [-0.3, -0.25) is 0 Å². The number of hydrogen-bond donors (Lipinski definition) is 1. The van der Waals surface area contributed by atoms with E-state index in [2.05, 4.69) is 26.1 Å². The normalized spacial score (nSPS) is 15.5. The van der Waals surface area contributed by atoms with Gasteiger partial charge in [0, 0.05) is 20.1 Å². The lowest BCUT2D eigenvalue weighted by atomic mass is 9.94. The van der Waals surface area contributed by atoms with Crippen molar-refractivity contribution in [1.82, 2.24) is 9.62 Å². The summed E-state index contributed by atoms with van der Waals surface area (Å²) in [6.07, 6.45) is 0. The van der Waals surface area contributed by atoms with E-state index in [4.69, 9.17) is 0 Å². The SMILES string of the molecule is CCNC(C)C(C)c1ccc(S(=O)(=O)N(C)C)cc1. The van der Waals surface area contributed by atoms with Crippen LogP contribution in [-0.2, 0) is 10.0 Å². The van der Waals surface area contributed by atoms with Crippen molar-refractivity contribution in [2.24, 2.45) is 0 Å². The Hall–Kier alpha value is -0.910. The third-order valence-corrected chi connectivity index (χ3v) is 5.29. The van der Waals surface area contributed by atoms with Gasteiger partial charge in [-0.25, -0.2) is 12.7 Å². The maximum absolute atomic E-state index is 12.0. The molecule has 108 valence electrons. The van der Waals surface area contributed by atoms with Gasteiger partial charge in [-0.15, -0.1) is 0 Å². The van der Waals surface area contributed by atoms with Crippen LogP contribution >= 0.6 is 0 Å². The summed E-state index contributed by atoms with van der Waals surface area (Å²) in [4.78, 5) is 0.338. The molecule has 0 aliphatic carbocycles. The van der Waals surface area contributed by atoms with E-state index < -0.39 is 10.0 Å². The van der Waals surface area contributed by atoms with Crippen molar-refractivity contribution in [2.75, 3.05) is 20.6 Å². The quantitative estimate of drug-likeness (QED) is 0.869. The molecule has 0 aliphatic rings. The molecule has 0 bridgehead atoms. The highest BCUT2D eigenvalue weighted by Crippen LogP contribution is 2.22. The van der Waals surface area contributed by atoms with Crippen LogP contribution in [0.15, 0.2) is 29.2 Å². The number of likely N-dealkylation sites (N-methyl/N-ethyl adjacent to an activating group) is 1. The minimum absolute atomic E-state index is 0.338. The van der Waals surface area contributed by atoms with Crippen LogP contribution in [0.25, 0.3) is 0 Å². The molecule has 4 nitrogen and oxygen atoms in total. The molecular weight excluding hydrogens is 260 g/mol. The van der Waals surface area contributed by atoms with E-state index in [1.54, 1.807) is 26.2 Å². The van der Waals surface area contributed by atoms with Gasteiger partial charge in [-0.2, -0.15) is 0 Å². The van der Waals surface area contributed by atoms with Crippen LogP contribution in [0.2, 0.25) is 0 Å². The predicted molar refractivity (Wildman–Crippen MR) is 78.9 cm³/mol. The predicted octanol–water partition coefficient (Wildman–Crippen LogP) is 2.04. The molecule has 2 unspecified atom stereocenters. The molecule has 1 N–H and O–H groups in total. The summed E-state index contributed by atoms with van der Waals surface area (Å²) in [5.41, 5.74) is 1.14. The second-order valence-electron chi connectivity index (χ2n) is 4.99. The fraction of sp³-hybridized carbons (Fsp3) is 0.571. The molecule has 5 heteroatoms. The van der Waals surface area contributed by atoms with E-state index in [1.165, 1.54) is 4.31 Å². The molecule has 0 amide bonds. The lowest BCUT2D eigenvalue weighted by Gasteiger charge is -2.21. The summed E-state index contributed by atoms with van der Waals surface area (Å²) < 4.78 is 25.2. The average molecular weight is 284 g/mol. The topological polar surface area (TPSA) is 49.4 Å². The number of nitrogens with zero attached hydrogens (tertiary/aromatic N) is 1. The molecule has 2 atom stereocenters. The Morgan fingerprint density at radius 1 is 1.16 bits per heavy atom. The Bertz CT molecular complexity index is 495. The molecule has 19 heavy (non-hydrogen) atoms. The number of nitrogens with one attached hydrogen (secondary N) is 1. The number of benzene rings is 1. The van der Waals surface area contributed by atoms with Gasteiger partial charge in [0.05, 0.1) is 4.90 Å². The first kappa shape index (κ1) is 16.1. The minimum atomic E-state index is -3.33. The highest BCUT2D eigenvalue weighted by atomic mass is 32.2. The Kier molecular flexibility index (Phi) is 5.52. The number of rotatable bonds is 6. The first-order valence-corrected chi connectivity index (χ1v) is 8.00. The second kappa shape index (κ2) is 6.50. The minimum Gasteiger partial charge on any atom is -0.314 e. The Morgan fingerprint density at radius 3 is 2.11 bits per heavy atom. The Labute approximate surface area is 116 Å². The number of sulfonamides is 1. The molecule has 0 radical (unpaired) electrons. The third kappa shape index (κ3) is 3.78. The second-order valence-corrected chi connectivity index (χ2v) is 7.14. The van der Waals surface area contributed by atoms with Gasteiger partial charge >= 0.3 is 0 Å². The van der Waals surface area contributed by atoms with Crippen LogP contribution in [0, 0.1) is 0 Å². The molecule has 1 rings (SSSR count). The van der Waals surface area contributed by atoms with E-state index in [1.807, 2.05) is 12.1 Å². The van der Waals surface area contributed by atoms with E-state index in [-0.39, 0.29) is 0 Å². The van der Waals surface area contributed by atoms with Crippen LogP contribution in [0.1, 0.15) is 32.3 Å². The summed E-state index contributed by atoms with van der Waals surface area (Å²) in [6, 6.07) is 7.52. The average Bonchev–Trinajstić information content (AvgIpc) is 2.38. The first-order valence-electron chi connectivity index (χ1n) is 6.56. The molecule has 0 spiro atoms. The molecule has 0 aromatic heterocycles. The van der Waals surface area contributed by atoms with Crippen LogP contribution in [0.5, 0.6) is 0 Å². The molecule has 0 aliphatic heterocycles. The van der Waals surface area contributed by atoms with E-state index in [9.17, 15) is 8.42 Å². The van der Waals surface area contributed by atoms with Gasteiger partial charge in [-0.1, -0.05) is 26.0 Å². The highest BCUT2D eigenvalue weighted by molar-refractivity contribution is 7.89. The van der Waals surface area contributed by atoms with Crippen molar-refractivity contribution in [3.63, 3.8) is 0 Å². The molecule has 1 aromatic carbocycles. The van der Waals surface area contributed by atoms with E-state index in [0.717, 1.165) is 12.1 Å². The van der Waals surface area contributed by atoms with Crippen molar-refractivity contribution < 1.29 is 8.42 Å². The zero-order chi connectivity index (χ0) is 14.6. The zero-order valence-electron chi connectivity index (χ0n) is 12.3. The maximum Gasteiger partial charge on any atom is 0.242 e.